The summed E-state index contributed by atoms with van der Waals surface area (Å²) in [5.41, 5.74) is 0.0463. The molecule has 17 heavy (non-hydrogen) atoms. The predicted octanol–water partition coefficient (Wildman–Crippen LogP) is 3.59. The quantitative estimate of drug-likeness (QED) is 0.744. The average molecular weight is 255 g/mol. The van der Waals surface area contributed by atoms with Gasteiger partial charge in [-0.2, -0.15) is 0 Å². The summed E-state index contributed by atoms with van der Waals surface area (Å²) in [6.07, 6.45) is 3.14. The molecule has 0 aromatic carbocycles. The summed E-state index contributed by atoms with van der Waals surface area (Å²) < 4.78 is 0. The first-order valence-electron chi connectivity index (χ1n) is 6.59. The Kier molecular flexibility index (Phi) is 6.17. The van der Waals surface area contributed by atoms with Crippen LogP contribution in [-0.4, -0.2) is 18.3 Å². The molecule has 1 heterocycles. The molecular weight excluding hydrogens is 230 g/mol. The van der Waals surface area contributed by atoms with E-state index in [-0.39, 0.29) is 12.0 Å². The fraction of sp³-hybridized carbons (Fsp3) is 0.714. The molecule has 0 spiro atoms. The van der Waals surface area contributed by atoms with Crippen LogP contribution in [0.4, 0.5) is 0 Å². The van der Waals surface area contributed by atoms with Crippen molar-refractivity contribution in [2.24, 2.45) is 5.41 Å². The lowest BCUT2D eigenvalue weighted by Crippen LogP contribution is -2.38. The van der Waals surface area contributed by atoms with Crippen molar-refractivity contribution in [1.82, 2.24) is 5.32 Å². The van der Waals surface area contributed by atoms with Crippen LogP contribution in [-0.2, 0) is 0 Å². The van der Waals surface area contributed by atoms with Crippen LogP contribution >= 0.6 is 11.3 Å². The first kappa shape index (κ1) is 14.7. The Morgan fingerprint density at radius 2 is 2.06 bits per heavy atom. The molecule has 0 fully saturated rings. The monoisotopic (exact) mass is 255 g/mol. The fourth-order valence-corrected chi connectivity index (χ4v) is 2.94. The molecule has 3 heteroatoms. The molecule has 1 rings (SSSR count). The SMILES string of the molecule is CCC(NCC(CC)(CC)CO)c1cccs1. The minimum absolute atomic E-state index is 0.0463. The Morgan fingerprint density at radius 1 is 1.35 bits per heavy atom. The van der Waals surface area contributed by atoms with Gasteiger partial charge in [-0.25, -0.2) is 0 Å². The third-order valence-electron chi connectivity index (χ3n) is 3.85. The van der Waals surface area contributed by atoms with Gasteiger partial charge >= 0.3 is 0 Å². The first-order valence-corrected chi connectivity index (χ1v) is 7.47. The molecule has 0 aliphatic carbocycles. The van der Waals surface area contributed by atoms with Gasteiger partial charge < -0.3 is 10.4 Å². The minimum atomic E-state index is 0.0463. The normalized spacial score (nSPS) is 13.9. The maximum absolute atomic E-state index is 9.56. The standard InChI is InChI=1S/C14H25NOS/c1-4-12(13-8-7-9-17-13)15-10-14(5-2,6-3)11-16/h7-9,12,15-16H,4-6,10-11H2,1-3H3. The number of thiophene rings is 1. The van der Waals surface area contributed by atoms with Gasteiger partial charge in [0.15, 0.2) is 0 Å². The zero-order valence-electron chi connectivity index (χ0n) is 11.2. The Labute approximate surface area is 109 Å². The van der Waals surface area contributed by atoms with Crippen molar-refractivity contribution >= 4 is 11.3 Å². The highest BCUT2D eigenvalue weighted by Gasteiger charge is 2.26. The summed E-state index contributed by atoms with van der Waals surface area (Å²) in [6.45, 7) is 7.69. The Morgan fingerprint density at radius 3 is 2.47 bits per heavy atom. The highest BCUT2D eigenvalue weighted by atomic mass is 32.1. The molecule has 1 atom stereocenters. The summed E-state index contributed by atoms with van der Waals surface area (Å²) >= 11 is 1.80. The van der Waals surface area contributed by atoms with Crippen LogP contribution in [0.5, 0.6) is 0 Å². The molecule has 2 N–H and O–H groups in total. The molecule has 0 amide bonds. The van der Waals surface area contributed by atoms with E-state index in [0.29, 0.717) is 6.04 Å². The third kappa shape index (κ3) is 3.80. The summed E-state index contributed by atoms with van der Waals surface area (Å²) in [5.74, 6) is 0. The van der Waals surface area contributed by atoms with Crippen LogP contribution in [0.3, 0.4) is 0 Å². The maximum Gasteiger partial charge on any atom is 0.0499 e. The van der Waals surface area contributed by atoms with E-state index in [1.165, 1.54) is 4.88 Å². The van der Waals surface area contributed by atoms with E-state index in [1.807, 2.05) is 0 Å². The molecule has 0 saturated carbocycles. The highest BCUT2D eigenvalue weighted by molar-refractivity contribution is 7.10. The third-order valence-corrected chi connectivity index (χ3v) is 4.84. The maximum atomic E-state index is 9.56. The van der Waals surface area contributed by atoms with Gasteiger partial charge in [0.05, 0.1) is 0 Å². The van der Waals surface area contributed by atoms with Gasteiger partial charge in [-0.15, -0.1) is 11.3 Å². The van der Waals surface area contributed by atoms with Crippen LogP contribution in [0.15, 0.2) is 17.5 Å². The lowest BCUT2D eigenvalue weighted by atomic mass is 9.83. The molecule has 0 saturated heterocycles. The summed E-state index contributed by atoms with van der Waals surface area (Å²) in [4.78, 5) is 1.39. The number of rotatable bonds is 8. The van der Waals surface area contributed by atoms with E-state index in [4.69, 9.17) is 0 Å². The second kappa shape index (κ2) is 7.14. The van der Waals surface area contributed by atoms with E-state index in [1.54, 1.807) is 11.3 Å². The number of hydrogen-bond donors (Lipinski definition) is 2. The van der Waals surface area contributed by atoms with E-state index < -0.39 is 0 Å². The summed E-state index contributed by atoms with van der Waals surface area (Å²) in [5, 5.41) is 15.3. The van der Waals surface area contributed by atoms with Gasteiger partial charge in [-0.3, -0.25) is 0 Å². The Hall–Kier alpha value is -0.380. The zero-order valence-corrected chi connectivity index (χ0v) is 12.0. The molecule has 0 bridgehead atoms. The largest absolute Gasteiger partial charge is 0.396 e. The van der Waals surface area contributed by atoms with E-state index in [0.717, 1.165) is 25.8 Å². The van der Waals surface area contributed by atoms with Gasteiger partial charge in [0.25, 0.3) is 0 Å². The first-order chi connectivity index (χ1) is 8.21. The molecule has 2 nitrogen and oxygen atoms in total. The van der Waals surface area contributed by atoms with Crippen molar-refractivity contribution in [3.8, 4) is 0 Å². The molecule has 1 aromatic rings. The second-order valence-electron chi connectivity index (χ2n) is 4.72. The van der Waals surface area contributed by atoms with Crippen molar-refractivity contribution in [1.29, 1.82) is 0 Å². The molecule has 0 aliphatic rings. The molecular formula is C14H25NOS. The predicted molar refractivity (Wildman–Crippen MR) is 75.5 cm³/mol. The van der Waals surface area contributed by atoms with Crippen molar-refractivity contribution in [3.63, 3.8) is 0 Å². The lowest BCUT2D eigenvalue weighted by molar-refractivity contribution is 0.109. The fourth-order valence-electron chi connectivity index (χ4n) is 2.05. The van der Waals surface area contributed by atoms with Gasteiger partial charge in [0.2, 0.25) is 0 Å². The van der Waals surface area contributed by atoms with Crippen LogP contribution in [0.1, 0.15) is 51.0 Å². The van der Waals surface area contributed by atoms with Crippen molar-refractivity contribution in [3.05, 3.63) is 22.4 Å². The van der Waals surface area contributed by atoms with Crippen LogP contribution in [0, 0.1) is 5.41 Å². The van der Waals surface area contributed by atoms with Crippen molar-refractivity contribution in [2.75, 3.05) is 13.2 Å². The van der Waals surface area contributed by atoms with Crippen LogP contribution < -0.4 is 5.32 Å². The number of hydrogen-bond acceptors (Lipinski definition) is 3. The number of aliphatic hydroxyl groups excluding tert-OH is 1. The summed E-state index contributed by atoms with van der Waals surface area (Å²) in [7, 11) is 0. The Bertz CT molecular complexity index is 285. The van der Waals surface area contributed by atoms with E-state index >= 15 is 0 Å². The van der Waals surface area contributed by atoms with Gasteiger partial charge in [0, 0.05) is 29.5 Å². The second-order valence-corrected chi connectivity index (χ2v) is 5.70. The minimum Gasteiger partial charge on any atom is -0.396 e. The highest BCUT2D eigenvalue weighted by Crippen LogP contribution is 2.27. The Balaban J connectivity index is 2.58. The van der Waals surface area contributed by atoms with E-state index in [2.05, 4.69) is 43.6 Å². The molecule has 0 radical (unpaired) electrons. The topological polar surface area (TPSA) is 32.3 Å². The number of aliphatic hydroxyl groups is 1. The number of nitrogens with one attached hydrogen (secondary N) is 1. The molecule has 1 aromatic heterocycles. The van der Waals surface area contributed by atoms with Gasteiger partial charge in [-0.05, 0) is 30.7 Å². The zero-order chi connectivity index (χ0) is 12.7. The summed E-state index contributed by atoms with van der Waals surface area (Å²) in [6, 6.07) is 4.71. The average Bonchev–Trinajstić information content (AvgIpc) is 2.89. The smallest absolute Gasteiger partial charge is 0.0499 e. The molecule has 1 unspecified atom stereocenters. The van der Waals surface area contributed by atoms with Gasteiger partial charge in [0.1, 0.15) is 0 Å². The van der Waals surface area contributed by atoms with Crippen LogP contribution in [0.2, 0.25) is 0 Å². The van der Waals surface area contributed by atoms with Crippen molar-refractivity contribution in [2.45, 2.75) is 46.1 Å². The van der Waals surface area contributed by atoms with E-state index in [9.17, 15) is 5.11 Å². The van der Waals surface area contributed by atoms with Gasteiger partial charge in [-0.1, -0.05) is 26.8 Å². The molecule has 0 aliphatic heterocycles. The van der Waals surface area contributed by atoms with Crippen LogP contribution in [0.25, 0.3) is 0 Å². The lowest BCUT2D eigenvalue weighted by Gasteiger charge is -2.31. The van der Waals surface area contributed by atoms with Crippen molar-refractivity contribution < 1.29 is 5.11 Å². The molecule has 98 valence electrons.